The van der Waals surface area contributed by atoms with Crippen LogP contribution in [0.15, 0.2) is 47.7 Å². The predicted octanol–water partition coefficient (Wildman–Crippen LogP) is 2.90. The van der Waals surface area contributed by atoms with Crippen LogP contribution in [-0.2, 0) is 13.1 Å². The number of aromatic nitrogens is 2. The first-order chi connectivity index (χ1) is 12.2. The molecule has 0 unspecified atom stereocenters. The molecule has 0 atom stereocenters. The molecule has 0 aliphatic rings. The molecule has 2 N–H and O–H groups in total. The van der Waals surface area contributed by atoms with Crippen LogP contribution < -0.4 is 15.4 Å². The average molecular weight is 479 g/mol. The van der Waals surface area contributed by atoms with Crippen molar-refractivity contribution in [2.45, 2.75) is 25.9 Å². The van der Waals surface area contributed by atoms with E-state index in [0.29, 0.717) is 18.3 Å². The Hall–Kier alpha value is -1.91. The molecule has 0 saturated carbocycles. The van der Waals surface area contributed by atoms with Crippen molar-refractivity contribution < 1.29 is 13.5 Å². The van der Waals surface area contributed by atoms with Crippen molar-refractivity contribution in [1.29, 1.82) is 0 Å². The summed E-state index contributed by atoms with van der Waals surface area (Å²) in [6, 6.07) is 8.97. The first-order valence-corrected chi connectivity index (χ1v) is 8.09. The van der Waals surface area contributed by atoms with Gasteiger partial charge in [-0.2, -0.15) is 5.10 Å². The van der Waals surface area contributed by atoms with Gasteiger partial charge in [-0.3, -0.25) is 9.67 Å². The molecule has 0 aliphatic heterocycles. The highest BCUT2D eigenvalue weighted by molar-refractivity contribution is 14.0. The van der Waals surface area contributed by atoms with Gasteiger partial charge < -0.3 is 15.4 Å². The first kappa shape index (κ1) is 22.1. The Morgan fingerprint density at radius 2 is 2.15 bits per heavy atom. The Morgan fingerprint density at radius 3 is 2.85 bits per heavy atom. The summed E-state index contributed by atoms with van der Waals surface area (Å²) in [5.74, 6) is 1.11. The summed E-state index contributed by atoms with van der Waals surface area (Å²) in [6.45, 7) is 1.51. The summed E-state index contributed by atoms with van der Waals surface area (Å²) in [5.41, 5.74) is 0.922. The van der Waals surface area contributed by atoms with E-state index in [-0.39, 0.29) is 24.0 Å². The summed E-state index contributed by atoms with van der Waals surface area (Å²) < 4.78 is 31.3. The molecule has 6 nitrogen and oxygen atoms in total. The third kappa shape index (κ3) is 8.45. The quantitative estimate of drug-likeness (QED) is 0.251. The maximum atomic E-state index is 12.2. The van der Waals surface area contributed by atoms with E-state index in [2.05, 4.69) is 20.7 Å². The predicted molar refractivity (Wildman–Crippen MR) is 108 cm³/mol. The fourth-order valence-electron chi connectivity index (χ4n) is 2.19. The number of alkyl halides is 2. The number of hydrogen-bond acceptors (Lipinski definition) is 3. The van der Waals surface area contributed by atoms with Crippen LogP contribution in [0.4, 0.5) is 8.78 Å². The Labute approximate surface area is 169 Å². The molecule has 9 heteroatoms. The Bertz CT molecular complexity index is 652. The molecule has 0 aliphatic carbocycles. The van der Waals surface area contributed by atoms with E-state index in [9.17, 15) is 8.78 Å². The Balaban J connectivity index is 0.00000338. The maximum Gasteiger partial charge on any atom is 0.272 e. The highest BCUT2D eigenvalue weighted by Crippen LogP contribution is 2.14. The standard InChI is InChI=1S/C17H23F2N5O.HI/c1-20-17(21-7-3-9-24-10-4-8-23-24)22-12-14-5-2-6-15(11-14)25-13-16(18)19;/h2,4-6,8,10-11,16H,3,7,9,12-13H2,1H3,(H2,20,21,22);1H. The minimum Gasteiger partial charge on any atom is -0.488 e. The van der Waals surface area contributed by atoms with E-state index in [1.165, 1.54) is 0 Å². The molecule has 0 spiro atoms. The second-order valence-electron chi connectivity index (χ2n) is 5.32. The van der Waals surface area contributed by atoms with E-state index in [1.54, 1.807) is 31.4 Å². The largest absolute Gasteiger partial charge is 0.488 e. The number of hydrogen-bond donors (Lipinski definition) is 2. The summed E-state index contributed by atoms with van der Waals surface area (Å²) in [6.07, 6.45) is 2.12. The molecule has 0 amide bonds. The molecule has 1 aromatic carbocycles. The monoisotopic (exact) mass is 479 g/mol. The third-order valence-corrected chi connectivity index (χ3v) is 3.37. The first-order valence-electron chi connectivity index (χ1n) is 8.09. The van der Waals surface area contributed by atoms with Crippen molar-refractivity contribution in [2.75, 3.05) is 20.2 Å². The van der Waals surface area contributed by atoms with Crippen LogP contribution in [0.1, 0.15) is 12.0 Å². The zero-order valence-corrected chi connectivity index (χ0v) is 16.9. The number of ether oxygens (including phenoxy) is 1. The SMILES string of the molecule is CN=C(NCCCn1cccn1)NCc1cccc(OCC(F)F)c1.I. The lowest BCUT2D eigenvalue weighted by molar-refractivity contribution is 0.0818. The van der Waals surface area contributed by atoms with Gasteiger partial charge in [-0.1, -0.05) is 12.1 Å². The molecule has 2 rings (SSSR count). The second kappa shape index (κ2) is 12.4. The zero-order chi connectivity index (χ0) is 17.9. The number of nitrogens with one attached hydrogen (secondary N) is 2. The molecule has 1 heterocycles. The van der Waals surface area contributed by atoms with Gasteiger partial charge in [-0.15, -0.1) is 24.0 Å². The molecular weight excluding hydrogens is 455 g/mol. The third-order valence-electron chi connectivity index (χ3n) is 3.37. The Kier molecular flexibility index (Phi) is 10.6. The summed E-state index contributed by atoms with van der Waals surface area (Å²) >= 11 is 0. The molecule has 0 fully saturated rings. The molecule has 26 heavy (non-hydrogen) atoms. The normalized spacial score (nSPS) is 11.2. The van der Waals surface area contributed by atoms with Crippen molar-refractivity contribution >= 4 is 29.9 Å². The molecule has 1 aromatic heterocycles. The van der Waals surface area contributed by atoms with Crippen LogP contribution in [0.3, 0.4) is 0 Å². The van der Waals surface area contributed by atoms with Crippen LogP contribution in [0.2, 0.25) is 0 Å². The second-order valence-corrected chi connectivity index (χ2v) is 5.32. The summed E-state index contributed by atoms with van der Waals surface area (Å²) in [5, 5.41) is 10.6. The smallest absolute Gasteiger partial charge is 0.272 e. The van der Waals surface area contributed by atoms with Gasteiger partial charge in [0.15, 0.2) is 5.96 Å². The van der Waals surface area contributed by atoms with Gasteiger partial charge in [-0.05, 0) is 30.2 Å². The van der Waals surface area contributed by atoms with Crippen LogP contribution >= 0.6 is 24.0 Å². The molecular formula is C17H24F2IN5O. The van der Waals surface area contributed by atoms with E-state index in [4.69, 9.17) is 4.74 Å². The number of halogens is 3. The van der Waals surface area contributed by atoms with Gasteiger partial charge in [-0.25, -0.2) is 8.78 Å². The van der Waals surface area contributed by atoms with Crippen LogP contribution in [0.25, 0.3) is 0 Å². The number of guanidine groups is 1. The van der Waals surface area contributed by atoms with Gasteiger partial charge >= 0.3 is 0 Å². The van der Waals surface area contributed by atoms with Crippen molar-refractivity contribution in [2.24, 2.45) is 4.99 Å². The maximum absolute atomic E-state index is 12.2. The van der Waals surface area contributed by atoms with Crippen LogP contribution in [-0.4, -0.2) is 42.4 Å². The van der Waals surface area contributed by atoms with Crippen molar-refractivity contribution in [3.63, 3.8) is 0 Å². The van der Waals surface area contributed by atoms with E-state index in [0.717, 1.165) is 25.1 Å². The van der Waals surface area contributed by atoms with E-state index < -0.39 is 13.0 Å². The van der Waals surface area contributed by atoms with Gasteiger partial charge in [0.2, 0.25) is 0 Å². The minimum atomic E-state index is -2.48. The molecule has 0 saturated heterocycles. The van der Waals surface area contributed by atoms with Gasteiger partial charge in [0, 0.05) is 39.1 Å². The molecule has 2 aromatic rings. The average Bonchev–Trinajstić information content (AvgIpc) is 3.13. The molecule has 0 bridgehead atoms. The summed E-state index contributed by atoms with van der Waals surface area (Å²) in [7, 11) is 1.70. The van der Waals surface area contributed by atoms with Gasteiger partial charge in [0.25, 0.3) is 6.43 Å². The topological polar surface area (TPSA) is 63.5 Å². The van der Waals surface area contributed by atoms with Crippen molar-refractivity contribution in [3.05, 3.63) is 48.3 Å². The van der Waals surface area contributed by atoms with E-state index in [1.807, 2.05) is 23.0 Å². The van der Waals surface area contributed by atoms with Gasteiger partial charge in [0.05, 0.1) is 0 Å². The fraction of sp³-hybridized carbons (Fsp3) is 0.412. The molecule has 144 valence electrons. The van der Waals surface area contributed by atoms with Crippen molar-refractivity contribution in [3.8, 4) is 5.75 Å². The number of benzene rings is 1. The van der Waals surface area contributed by atoms with Gasteiger partial charge in [0.1, 0.15) is 12.4 Å². The lowest BCUT2D eigenvalue weighted by Crippen LogP contribution is -2.37. The molecule has 0 radical (unpaired) electrons. The zero-order valence-electron chi connectivity index (χ0n) is 14.6. The highest BCUT2D eigenvalue weighted by Gasteiger charge is 2.04. The lowest BCUT2D eigenvalue weighted by atomic mass is 10.2. The van der Waals surface area contributed by atoms with E-state index >= 15 is 0 Å². The Morgan fingerprint density at radius 1 is 1.31 bits per heavy atom. The lowest BCUT2D eigenvalue weighted by Gasteiger charge is -2.13. The van der Waals surface area contributed by atoms with Crippen molar-refractivity contribution in [1.82, 2.24) is 20.4 Å². The fourth-order valence-corrected chi connectivity index (χ4v) is 2.19. The number of rotatable bonds is 9. The number of aryl methyl sites for hydroxylation is 1. The highest BCUT2D eigenvalue weighted by atomic mass is 127. The number of aliphatic imine (C=N–C) groups is 1. The van der Waals surface area contributed by atoms with Crippen LogP contribution in [0.5, 0.6) is 5.75 Å². The number of nitrogens with zero attached hydrogens (tertiary/aromatic N) is 3. The summed E-state index contributed by atoms with van der Waals surface area (Å²) in [4.78, 5) is 4.16. The minimum absolute atomic E-state index is 0. The van der Waals surface area contributed by atoms with Crippen LogP contribution in [0, 0.1) is 0 Å².